The van der Waals surface area contributed by atoms with Gasteiger partial charge in [-0.15, -0.1) is 0 Å². The number of carbonyl (C=O) groups is 2. The lowest BCUT2D eigenvalue weighted by molar-refractivity contribution is -0.143. The second-order valence-electron chi connectivity index (χ2n) is 6.32. The van der Waals surface area contributed by atoms with Crippen LogP contribution in [0, 0.1) is 11.7 Å². The van der Waals surface area contributed by atoms with Crippen LogP contribution in [0.15, 0.2) is 42.6 Å². The van der Waals surface area contributed by atoms with E-state index in [2.05, 4.69) is 10.3 Å². The third-order valence-electron chi connectivity index (χ3n) is 4.41. The molecule has 2 amide bonds. The van der Waals surface area contributed by atoms with Crippen molar-refractivity contribution in [3.05, 3.63) is 54.0 Å². The molecule has 0 atom stereocenters. The number of aromatic nitrogens is 1. The first-order valence-corrected chi connectivity index (χ1v) is 8.65. The number of hydrogen-bond acceptors (Lipinski definition) is 4. The number of urea groups is 1. The van der Waals surface area contributed by atoms with E-state index in [1.165, 1.54) is 24.3 Å². The largest absolute Gasteiger partial charge is 0.481 e. The molecule has 0 saturated carbocycles. The highest BCUT2D eigenvalue weighted by atomic mass is 19.1. The van der Waals surface area contributed by atoms with E-state index in [0.29, 0.717) is 44.1 Å². The Morgan fingerprint density at radius 1 is 1.19 bits per heavy atom. The number of amides is 2. The van der Waals surface area contributed by atoms with Gasteiger partial charge in [-0.25, -0.2) is 14.2 Å². The van der Waals surface area contributed by atoms with Crippen LogP contribution >= 0.6 is 0 Å². The van der Waals surface area contributed by atoms with Crippen molar-refractivity contribution < 1.29 is 23.8 Å². The maximum Gasteiger partial charge on any atom is 0.317 e. The molecule has 3 rings (SSSR count). The summed E-state index contributed by atoms with van der Waals surface area (Å²) in [6.07, 6.45) is 2.54. The molecule has 0 bridgehead atoms. The molecule has 0 radical (unpaired) electrons. The van der Waals surface area contributed by atoms with Gasteiger partial charge in [-0.2, -0.15) is 0 Å². The number of ether oxygens (including phenoxy) is 1. The van der Waals surface area contributed by atoms with Gasteiger partial charge in [0.2, 0.25) is 5.88 Å². The molecule has 27 heavy (non-hydrogen) atoms. The predicted molar refractivity (Wildman–Crippen MR) is 94.9 cm³/mol. The molecule has 1 saturated heterocycles. The van der Waals surface area contributed by atoms with Gasteiger partial charge in [-0.05, 0) is 42.7 Å². The fourth-order valence-corrected chi connectivity index (χ4v) is 2.82. The SMILES string of the molecule is O=C(O)C1CCN(C(=O)NCc2ccc(Oc3ccc(F)cc3)nc2)CC1. The van der Waals surface area contributed by atoms with E-state index in [1.807, 2.05) is 0 Å². The lowest BCUT2D eigenvalue weighted by Crippen LogP contribution is -2.45. The molecule has 8 heteroatoms. The number of likely N-dealkylation sites (tertiary alicyclic amines) is 1. The molecule has 2 aromatic rings. The molecule has 0 spiro atoms. The summed E-state index contributed by atoms with van der Waals surface area (Å²) < 4.78 is 18.4. The molecule has 7 nitrogen and oxygen atoms in total. The van der Waals surface area contributed by atoms with E-state index in [9.17, 15) is 14.0 Å². The number of pyridine rings is 1. The van der Waals surface area contributed by atoms with Crippen molar-refractivity contribution in [2.45, 2.75) is 19.4 Å². The van der Waals surface area contributed by atoms with E-state index in [-0.39, 0.29) is 17.8 Å². The Balaban J connectivity index is 1.46. The van der Waals surface area contributed by atoms with Crippen molar-refractivity contribution in [1.29, 1.82) is 0 Å². The van der Waals surface area contributed by atoms with Gasteiger partial charge in [0.1, 0.15) is 11.6 Å². The number of carboxylic acids is 1. The molecule has 0 aliphatic carbocycles. The fourth-order valence-electron chi connectivity index (χ4n) is 2.82. The van der Waals surface area contributed by atoms with Crippen LogP contribution in [-0.4, -0.2) is 40.1 Å². The normalized spacial score (nSPS) is 14.6. The monoisotopic (exact) mass is 373 g/mol. The summed E-state index contributed by atoms with van der Waals surface area (Å²) in [5, 5.41) is 11.8. The van der Waals surface area contributed by atoms with E-state index in [1.54, 1.807) is 23.2 Å². The number of nitrogens with one attached hydrogen (secondary N) is 1. The van der Waals surface area contributed by atoms with Crippen LogP contribution in [0.25, 0.3) is 0 Å². The molecule has 2 heterocycles. The van der Waals surface area contributed by atoms with Gasteiger partial charge in [0.05, 0.1) is 5.92 Å². The highest BCUT2D eigenvalue weighted by Gasteiger charge is 2.26. The van der Waals surface area contributed by atoms with Gasteiger partial charge in [0.25, 0.3) is 0 Å². The van der Waals surface area contributed by atoms with E-state index < -0.39 is 5.97 Å². The summed E-state index contributed by atoms with van der Waals surface area (Å²) in [6.45, 7) is 1.18. The molecular formula is C19H20FN3O4. The molecule has 2 N–H and O–H groups in total. The number of halogens is 1. The van der Waals surface area contributed by atoms with Crippen molar-refractivity contribution in [3.63, 3.8) is 0 Å². The van der Waals surface area contributed by atoms with E-state index in [4.69, 9.17) is 9.84 Å². The van der Waals surface area contributed by atoms with Crippen LogP contribution in [0.3, 0.4) is 0 Å². The molecule has 0 unspecified atom stereocenters. The topological polar surface area (TPSA) is 91.8 Å². The molecular weight excluding hydrogens is 353 g/mol. The molecule has 1 aromatic heterocycles. The van der Waals surface area contributed by atoms with E-state index >= 15 is 0 Å². The lowest BCUT2D eigenvalue weighted by Gasteiger charge is -2.30. The van der Waals surface area contributed by atoms with Gasteiger partial charge in [0.15, 0.2) is 0 Å². The van der Waals surface area contributed by atoms with Gasteiger partial charge >= 0.3 is 12.0 Å². The predicted octanol–water partition coefficient (Wildman–Crippen LogP) is 3.02. The van der Waals surface area contributed by atoms with Crippen LogP contribution < -0.4 is 10.1 Å². The maximum atomic E-state index is 12.9. The molecule has 1 fully saturated rings. The third-order valence-corrected chi connectivity index (χ3v) is 4.41. The summed E-state index contributed by atoms with van der Waals surface area (Å²) >= 11 is 0. The van der Waals surface area contributed by atoms with E-state index in [0.717, 1.165) is 5.56 Å². The van der Waals surface area contributed by atoms with Crippen molar-refractivity contribution in [1.82, 2.24) is 15.2 Å². The summed E-state index contributed by atoms with van der Waals surface area (Å²) in [5.41, 5.74) is 0.801. The van der Waals surface area contributed by atoms with Crippen molar-refractivity contribution >= 4 is 12.0 Å². The Kier molecular flexibility index (Phi) is 5.85. The zero-order valence-corrected chi connectivity index (χ0v) is 14.6. The Labute approximate surface area is 155 Å². The third kappa shape index (κ3) is 5.16. The first-order chi connectivity index (χ1) is 13.0. The molecule has 142 valence electrons. The number of carboxylic acid groups (broad SMARTS) is 1. The van der Waals surface area contributed by atoms with Crippen LogP contribution in [0.4, 0.5) is 9.18 Å². The quantitative estimate of drug-likeness (QED) is 0.841. The Bertz CT molecular complexity index is 788. The van der Waals surface area contributed by atoms with Crippen molar-refractivity contribution in [3.8, 4) is 11.6 Å². The minimum atomic E-state index is -0.802. The zero-order chi connectivity index (χ0) is 19.2. The Hall–Kier alpha value is -3.16. The average Bonchev–Trinajstić information content (AvgIpc) is 2.69. The zero-order valence-electron chi connectivity index (χ0n) is 14.6. The van der Waals surface area contributed by atoms with Gasteiger partial charge in [0, 0.05) is 31.9 Å². The number of piperidine rings is 1. The molecule has 1 aliphatic rings. The van der Waals surface area contributed by atoms with Crippen molar-refractivity contribution in [2.24, 2.45) is 5.92 Å². The van der Waals surface area contributed by atoms with Crippen LogP contribution in [0.1, 0.15) is 18.4 Å². The minimum absolute atomic E-state index is 0.217. The minimum Gasteiger partial charge on any atom is -0.481 e. The Morgan fingerprint density at radius 3 is 2.48 bits per heavy atom. The number of carbonyl (C=O) groups excluding carboxylic acids is 1. The molecule has 1 aliphatic heterocycles. The fraction of sp³-hybridized carbons (Fsp3) is 0.316. The maximum absolute atomic E-state index is 12.9. The summed E-state index contributed by atoms with van der Waals surface area (Å²) in [6, 6.07) is 8.87. The standard InChI is InChI=1S/C19H20FN3O4/c20-15-2-4-16(5-3-15)27-17-6-1-13(11-21-17)12-22-19(26)23-9-7-14(8-10-23)18(24)25/h1-6,11,14H,7-10,12H2,(H,22,26)(H,24,25). The average molecular weight is 373 g/mol. The van der Waals surface area contributed by atoms with Gasteiger partial charge < -0.3 is 20.1 Å². The van der Waals surface area contributed by atoms with Crippen molar-refractivity contribution in [2.75, 3.05) is 13.1 Å². The van der Waals surface area contributed by atoms with Crippen LogP contribution in [0.2, 0.25) is 0 Å². The number of nitrogens with zero attached hydrogens (tertiary/aromatic N) is 2. The number of aliphatic carboxylic acids is 1. The second kappa shape index (κ2) is 8.48. The number of rotatable bonds is 5. The number of benzene rings is 1. The first kappa shape index (κ1) is 18.6. The van der Waals surface area contributed by atoms with Gasteiger partial charge in [-0.3, -0.25) is 4.79 Å². The summed E-state index contributed by atoms with van der Waals surface area (Å²) in [7, 11) is 0. The smallest absolute Gasteiger partial charge is 0.317 e. The van der Waals surface area contributed by atoms with Gasteiger partial charge in [-0.1, -0.05) is 6.07 Å². The lowest BCUT2D eigenvalue weighted by atomic mass is 9.97. The first-order valence-electron chi connectivity index (χ1n) is 8.65. The highest BCUT2D eigenvalue weighted by molar-refractivity contribution is 5.75. The second-order valence-corrected chi connectivity index (χ2v) is 6.32. The highest BCUT2D eigenvalue weighted by Crippen LogP contribution is 2.20. The van der Waals surface area contributed by atoms with Crippen LogP contribution in [-0.2, 0) is 11.3 Å². The van der Waals surface area contributed by atoms with Crippen LogP contribution in [0.5, 0.6) is 11.6 Å². The Morgan fingerprint density at radius 2 is 1.89 bits per heavy atom. The number of hydrogen-bond donors (Lipinski definition) is 2. The summed E-state index contributed by atoms with van der Waals surface area (Å²) in [4.78, 5) is 28.9. The molecule has 1 aromatic carbocycles. The summed E-state index contributed by atoms with van der Waals surface area (Å²) in [5.74, 6) is -0.660.